The van der Waals surface area contributed by atoms with Crippen molar-refractivity contribution in [3.05, 3.63) is 70.9 Å². The van der Waals surface area contributed by atoms with Gasteiger partial charge in [0.15, 0.2) is 11.0 Å². The van der Waals surface area contributed by atoms with Gasteiger partial charge in [0.25, 0.3) is 5.91 Å². The maximum absolute atomic E-state index is 14.4. The first-order chi connectivity index (χ1) is 20.2. The quantitative estimate of drug-likeness (QED) is 0.379. The Labute approximate surface area is 252 Å². The van der Waals surface area contributed by atoms with Crippen LogP contribution in [-0.2, 0) is 17.4 Å². The molecule has 1 saturated carbocycles. The molecule has 2 N–H and O–H groups in total. The molecule has 1 aromatic heterocycles. The molecule has 2 unspecified atom stereocenters. The van der Waals surface area contributed by atoms with Gasteiger partial charge in [0.05, 0.1) is 10.6 Å². The number of piperidine rings is 1. The van der Waals surface area contributed by atoms with Gasteiger partial charge in [0, 0.05) is 28.9 Å². The van der Waals surface area contributed by atoms with Crippen molar-refractivity contribution in [3.8, 4) is 11.3 Å². The lowest BCUT2D eigenvalue weighted by Gasteiger charge is -2.55. The highest BCUT2D eigenvalue weighted by Gasteiger charge is 2.49. The Morgan fingerprint density at radius 1 is 1.02 bits per heavy atom. The number of anilines is 1. The highest BCUT2D eigenvalue weighted by atomic mass is 32.2. The van der Waals surface area contributed by atoms with Gasteiger partial charge in [-0.1, -0.05) is 38.1 Å². The van der Waals surface area contributed by atoms with Crippen molar-refractivity contribution in [2.24, 2.45) is 11.3 Å². The molecule has 2 fully saturated rings. The SMILES string of the molecule is Cc1cccc(C)c1-c1cc2nc(n1)NS(=O)c1cccc(c1)C(=O)N(C1CC3(CCNCC3)C1)C(CC(C)C)CC2. The number of fused-ring (bicyclic) bond motifs is 4. The Kier molecular flexibility index (Phi) is 8.20. The lowest BCUT2D eigenvalue weighted by Crippen LogP contribution is -2.58. The summed E-state index contributed by atoms with van der Waals surface area (Å²) < 4.78 is 16.6. The van der Waals surface area contributed by atoms with Crippen LogP contribution in [0.1, 0.15) is 79.6 Å². The molecule has 3 heterocycles. The van der Waals surface area contributed by atoms with E-state index in [0.29, 0.717) is 34.2 Å². The molecule has 1 amide bonds. The fourth-order valence-corrected chi connectivity index (χ4v) is 8.23. The summed E-state index contributed by atoms with van der Waals surface area (Å²) in [5.41, 5.74) is 6.06. The average Bonchev–Trinajstić information content (AvgIpc) is 2.95. The third kappa shape index (κ3) is 5.88. The molecule has 7 nitrogen and oxygen atoms in total. The number of amides is 1. The lowest BCUT2D eigenvalue weighted by molar-refractivity contribution is -0.0313. The van der Waals surface area contributed by atoms with Gasteiger partial charge in [-0.2, -0.15) is 0 Å². The van der Waals surface area contributed by atoms with Crippen molar-refractivity contribution in [3.63, 3.8) is 0 Å². The third-order valence-electron chi connectivity index (χ3n) is 9.50. The smallest absolute Gasteiger partial charge is 0.254 e. The predicted molar refractivity (Wildman–Crippen MR) is 169 cm³/mol. The van der Waals surface area contributed by atoms with E-state index >= 15 is 0 Å². The number of carbonyl (C=O) groups excluding carboxylic acids is 1. The van der Waals surface area contributed by atoms with Crippen LogP contribution in [0.2, 0.25) is 0 Å². The fourth-order valence-electron chi connectivity index (χ4n) is 7.41. The van der Waals surface area contributed by atoms with Crippen molar-refractivity contribution >= 4 is 22.8 Å². The van der Waals surface area contributed by atoms with Crippen LogP contribution in [-0.4, -0.2) is 50.2 Å². The zero-order valence-electron chi connectivity index (χ0n) is 25.3. The van der Waals surface area contributed by atoms with E-state index in [9.17, 15) is 9.00 Å². The molecule has 4 bridgehead atoms. The second-order valence-electron chi connectivity index (χ2n) is 13.1. The second-order valence-corrected chi connectivity index (χ2v) is 14.3. The van der Waals surface area contributed by atoms with Crippen LogP contribution >= 0.6 is 0 Å². The van der Waals surface area contributed by atoms with Crippen molar-refractivity contribution < 1.29 is 9.00 Å². The van der Waals surface area contributed by atoms with Crippen molar-refractivity contribution in [2.75, 3.05) is 17.8 Å². The summed E-state index contributed by atoms with van der Waals surface area (Å²) in [5.74, 6) is 0.852. The van der Waals surface area contributed by atoms with Crippen LogP contribution in [0, 0.1) is 25.2 Å². The second kappa shape index (κ2) is 11.9. The summed E-state index contributed by atoms with van der Waals surface area (Å²) in [6.07, 6.45) is 6.97. The number of rotatable bonds is 4. The largest absolute Gasteiger partial charge is 0.333 e. The van der Waals surface area contributed by atoms with Crippen molar-refractivity contribution in [2.45, 2.75) is 89.6 Å². The molecule has 42 heavy (non-hydrogen) atoms. The molecule has 3 aromatic rings. The molecule has 0 radical (unpaired) electrons. The zero-order valence-corrected chi connectivity index (χ0v) is 26.1. The first kappa shape index (κ1) is 29.0. The molecule has 2 aliphatic heterocycles. The Balaban J connectivity index is 1.42. The third-order valence-corrected chi connectivity index (χ3v) is 10.5. The molecule has 1 spiro atoms. The minimum atomic E-state index is -1.62. The molecule has 6 rings (SSSR count). The number of aryl methyl sites for hydroxylation is 3. The number of aromatic nitrogens is 2. The van der Waals surface area contributed by atoms with Crippen LogP contribution in [0.25, 0.3) is 11.3 Å². The number of hydrogen-bond acceptors (Lipinski definition) is 5. The van der Waals surface area contributed by atoms with Crippen LogP contribution in [0.5, 0.6) is 0 Å². The average molecular weight is 586 g/mol. The van der Waals surface area contributed by atoms with Crippen LogP contribution in [0.3, 0.4) is 0 Å². The molecular formula is C34H43N5O2S. The van der Waals surface area contributed by atoms with Crippen LogP contribution < -0.4 is 10.0 Å². The monoisotopic (exact) mass is 585 g/mol. The lowest BCUT2D eigenvalue weighted by atomic mass is 9.60. The predicted octanol–water partition coefficient (Wildman–Crippen LogP) is 6.23. The van der Waals surface area contributed by atoms with E-state index < -0.39 is 11.0 Å². The first-order valence-corrected chi connectivity index (χ1v) is 16.6. The Hall–Kier alpha value is -3.10. The molecule has 222 valence electrons. The molecule has 3 aliphatic rings. The molecule has 2 aromatic carbocycles. The standard InChI is InChI=1S/C34H43N5O2S/c1-22(2)17-27-12-11-26-19-30(31-23(3)7-5-8-24(31)4)37-33(36-26)38-42(41)29-10-6-9-25(18-29)32(40)39(27)28-20-34(21-28)13-15-35-16-14-34/h5-10,18-19,22,27-28,35H,11-17,20-21H2,1-4H3,(H,36,37,38). The van der Waals surface area contributed by atoms with Gasteiger partial charge in [0.1, 0.15) is 0 Å². The van der Waals surface area contributed by atoms with Gasteiger partial charge in [-0.25, -0.2) is 14.2 Å². The number of benzene rings is 2. The maximum atomic E-state index is 14.4. The Bertz CT molecular complexity index is 1470. The zero-order chi connectivity index (χ0) is 29.4. The molecule has 2 atom stereocenters. The van der Waals surface area contributed by atoms with E-state index in [1.807, 2.05) is 12.1 Å². The first-order valence-electron chi connectivity index (χ1n) is 15.5. The highest BCUT2D eigenvalue weighted by Crippen LogP contribution is 2.51. The van der Waals surface area contributed by atoms with E-state index in [1.165, 1.54) is 12.8 Å². The number of nitrogens with zero attached hydrogens (tertiary/aromatic N) is 3. The van der Waals surface area contributed by atoms with Gasteiger partial charge in [-0.15, -0.1) is 0 Å². The summed E-state index contributed by atoms with van der Waals surface area (Å²) in [6.45, 7) is 10.8. The molecule has 1 aliphatic carbocycles. The van der Waals surface area contributed by atoms with Crippen LogP contribution in [0.4, 0.5) is 5.95 Å². The van der Waals surface area contributed by atoms with Gasteiger partial charge in [-0.05, 0) is 119 Å². The summed E-state index contributed by atoms with van der Waals surface area (Å²) in [5, 5.41) is 3.51. The van der Waals surface area contributed by atoms with E-state index in [0.717, 1.165) is 66.9 Å². The van der Waals surface area contributed by atoms with E-state index in [4.69, 9.17) is 9.97 Å². The fraction of sp³-hybridized carbons (Fsp3) is 0.500. The summed E-state index contributed by atoms with van der Waals surface area (Å²) >= 11 is 0. The number of carbonyl (C=O) groups is 1. The van der Waals surface area contributed by atoms with Crippen molar-refractivity contribution in [1.29, 1.82) is 0 Å². The molecular weight excluding hydrogens is 542 g/mol. The van der Waals surface area contributed by atoms with E-state index in [2.05, 4.69) is 66.9 Å². The summed E-state index contributed by atoms with van der Waals surface area (Å²) in [7, 11) is -1.62. The number of hydrogen-bond donors (Lipinski definition) is 2. The number of nitrogens with one attached hydrogen (secondary N) is 2. The highest BCUT2D eigenvalue weighted by molar-refractivity contribution is 7.86. The van der Waals surface area contributed by atoms with E-state index in [-0.39, 0.29) is 18.0 Å². The topological polar surface area (TPSA) is 87.2 Å². The molecule has 1 saturated heterocycles. The van der Waals surface area contributed by atoms with Crippen molar-refractivity contribution in [1.82, 2.24) is 20.2 Å². The normalized spacial score (nSPS) is 22.6. The minimum absolute atomic E-state index is 0.0570. The van der Waals surface area contributed by atoms with Gasteiger partial charge >= 0.3 is 0 Å². The Morgan fingerprint density at radius 2 is 1.74 bits per heavy atom. The van der Waals surface area contributed by atoms with Crippen LogP contribution in [0.15, 0.2) is 53.4 Å². The van der Waals surface area contributed by atoms with Gasteiger partial charge in [-0.3, -0.25) is 9.52 Å². The van der Waals surface area contributed by atoms with E-state index in [1.54, 1.807) is 12.1 Å². The van der Waals surface area contributed by atoms with Gasteiger partial charge < -0.3 is 10.2 Å². The molecule has 8 heteroatoms. The minimum Gasteiger partial charge on any atom is -0.333 e. The van der Waals surface area contributed by atoms with Gasteiger partial charge in [0.2, 0.25) is 5.95 Å². The maximum Gasteiger partial charge on any atom is 0.254 e. The summed E-state index contributed by atoms with van der Waals surface area (Å²) in [6, 6.07) is 16.0. The Morgan fingerprint density at radius 3 is 2.45 bits per heavy atom. The summed E-state index contributed by atoms with van der Waals surface area (Å²) in [4.78, 5) is 26.8.